The van der Waals surface area contributed by atoms with Gasteiger partial charge in [0, 0.05) is 7.05 Å². The van der Waals surface area contributed by atoms with Crippen molar-refractivity contribution in [2.45, 2.75) is 0 Å². The van der Waals surface area contributed by atoms with Crippen LogP contribution in [0.15, 0.2) is 17.5 Å². The standard InChI is InChI=1S/C6H8N2S2/c1-8(6(7)9)5-3-2-4-10-5/h2-4H,1H3,(H2,7,9). The molecule has 0 aliphatic heterocycles. The minimum Gasteiger partial charge on any atom is -0.376 e. The van der Waals surface area contributed by atoms with Gasteiger partial charge in [0.25, 0.3) is 0 Å². The summed E-state index contributed by atoms with van der Waals surface area (Å²) in [7, 11) is 1.86. The van der Waals surface area contributed by atoms with Crippen LogP contribution < -0.4 is 10.6 Å². The zero-order chi connectivity index (χ0) is 7.56. The van der Waals surface area contributed by atoms with Crippen LogP contribution in [0.5, 0.6) is 0 Å². The summed E-state index contributed by atoms with van der Waals surface area (Å²) in [6, 6.07) is 3.94. The van der Waals surface area contributed by atoms with Gasteiger partial charge in [-0.05, 0) is 29.7 Å². The average molecular weight is 172 g/mol. The maximum atomic E-state index is 5.39. The highest BCUT2D eigenvalue weighted by atomic mass is 32.1. The third kappa shape index (κ3) is 1.46. The van der Waals surface area contributed by atoms with E-state index in [9.17, 15) is 0 Å². The predicted molar refractivity (Wildman–Crippen MR) is 49.5 cm³/mol. The van der Waals surface area contributed by atoms with Gasteiger partial charge >= 0.3 is 0 Å². The predicted octanol–water partition coefficient (Wildman–Crippen LogP) is 1.43. The van der Waals surface area contributed by atoms with Gasteiger partial charge in [-0.2, -0.15) is 0 Å². The molecular formula is C6H8N2S2. The summed E-state index contributed by atoms with van der Waals surface area (Å²) >= 11 is 6.39. The monoisotopic (exact) mass is 172 g/mol. The zero-order valence-corrected chi connectivity index (χ0v) is 7.21. The van der Waals surface area contributed by atoms with Crippen molar-refractivity contribution >= 4 is 33.7 Å². The summed E-state index contributed by atoms with van der Waals surface area (Å²) in [6.07, 6.45) is 0. The highest BCUT2D eigenvalue weighted by Gasteiger charge is 2.01. The minimum atomic E-state index is 0.405. The average Bonchev–Trinajstić information content (AvgIpc) is 2.36. The van der Waals surface area contributed by atoms with Crippen LogP contribution in [0.1, 0.15) is 0 Å². The molecule has 4 heteroatoms. The van der Waals surface area contributed by atoms with Crippen LogP contribution in [0, 0.1) is 0 Å². The molecule has 0 saturated heterocycles. The van der Waals surface area contributed by atoms with Crippen molar-refractivity contribution < 1.29 is 0 Å². The Kier molecular flexibility index (Phi) is 2.24. The molecule has 0 unspecified atom stereocenters. The molecule has 0 fully saturated rings. The zero-order valence-electron chi connectivity index (χ0n) is 5.57. The number of hydrogen-bond acceptors (Lipinski definition) is 2. The number of anilines is 1. The van der Waals surface area contributed by atoms with Gasteiger partial charge in [0.2, 0.25) is 0 Å². The van der Waals surface area contributed by atoms with Crippen molar-refractivity contribution in [3.05, 3.63) is 17.5 Å². The Morgan fingerprint density at radius 3 is 2.90 bits per heavy atom. The molecule has 0 aromatic carbocycles. The van der Waals surface area contributed by atoms with Gasteiger partial charge in [-0.25, -0.2) is 0 Å². The largest absolute Gasteiger partial charge is 0.376 e. The van der Waals surface area contributed by atoms with E-state index in [0.717, 1.165) is 5.00 Å². The molecule has 0 aliphatic carbocycles. The van der Waals surface area contributed by atoms with Crippen LogP contribution in [-0.4, -0.2) is 12.2 Å². The molecule has 0 aliphatic rings. The third-order valence-corrected chi connectivity index (χ3v) is 2.39. The topological polar surface area (TPSA) is 29.3 Å². The van der Waals surface area contributed by atoms with Gasteiger partial charge in [0.05, 0.1) is 5.00 Å². The molecule has 0 radical (unpaired) electrons. The molecule has 1 rings (SSSR count). The molecule has 0 amide bonds. The first kappa shape index (κ1) is 7.50. The van der Waals surface area contributed by atoms with Crippen molar-refractivity contribution in [2.75, 3.05) is 11.9 Å². The molecule has 1 aromatic rings. The highest BCUT2D eigenvalue weighted by Crippen LogP contribution is 2.18. The van der Waals surface area contributed by atoms with E-state index in [1.54, 1.807) is 16.2 Å². The van der Waals surface area contributed by atoms with Crippen LogP contribution in [0.2, 0.25) is 0 Å². The van der Waals surface area contributed by atoms with E-state index in [0.29, 0.717) is 5.11 Å². The maximum absolute atomic E-state index is 5.39. The quantitative estimate of drug-likeness (QED) is 0.650. The summed E-state index contributed by atoms with van der Waals surface area (Å²) in [5.74, 6) is 0. The second kappa shape index (κ2) is 2.98. The van der Waals surface area contributed by atoms with E-state index in [1.807, 2.05) is 24.6 Å². The molecule has 0 spiro atoms. The minimum absolute atomic E-state index is 0.405. The van der Waals surface area contributed by atoms with Crippen LogP contribution in [-0.2, 0) is 0 Å². The first-order chi connectivity index (χ1) is 4.72. The molecule has 0 atom stereocenters. The molecule has 10 heavy (non-hydrogen) atoms. The van der Waals surface area contributed by atoms with E-state index in [-0.39, 0.29) is 0 Å². The summed E-state index contributed by atoms with van der Waals surface area (Å²) in [4.78, 5) is 1.78. The van der Waals surface area contributed by atoms with Crippen molar-refractivity contribution in [1.29, 1.82) is 0 Å². The van der Waals surface area contributed by atoms with Crippen LogP contribution in [0.25, 0.3) is 0 Å². The van der Waals surface area contributed by atoms with Crippen molar-refractivity contribution in [3.63, 3.8) is 0 Å². The Hall–Kier alpha value is -0.610. The van der Waals surface area contributed by atoms with Crippen molar-refractivity contribution in [2.24, 2.45) is 5.73 Å². The van der Waals surface area contributed by atoms with Crippen molar-refractivity contribution in [1.82, 2.24) is 0 Å². The molecule has 0 saturated carbocycles. The number of thiocarbonyl (C=S) groups is 1. The van der Waals surface area contributed by atoms with E-state index in [1.165, 1.54) is 0 Å². The molecule has 1 heterocycles. The van der Waals surface area contributed by atoms with Gasteiger partial charge in [0.1, 0.15) is 0 Å². The second-order valence-electron chi connectivity index (χ2n) is 1.85. The summed E-state index contributed by atoms with van der Waals surface area (Å²) in [6.45, 7) is 0. The van der Waals surface area contributed by atoms with E-state index in [2.05, 4.69) is 0 Å². The normalized spacial score (nSPS) is 9.30. The van der Waals surface area contributed by atoms with E-state index < -0.39 is 0 Å². The third-order valence-electron chi connectivity index (χ3n) is 1.17. The number of hydrogen-bond donors (Lipinski definition) is 1. The smallest absolute Gasteiger partial charge is 0.171 e. The van der Waals surface area contributed by atoms with Crippen LogP contribution in [0.3, 0.4) is 0 Å². The molecule has 1 aromatic heterocycles. The highest BCUT2D eigenvalue weighted by molar-refractivity contribution is 7.80. The van der Waals surface area contributed by atoms with Gasteiger partial charge < -0.3 is 10.6 Å². The first-order valence-electron chi connectivity index (χ1n) is 2.78. The maximum Gasteiger partial charge on any atom is 0.171 e. The lowest BCUT2D eigenvalue weighted by molar-refractivity contribution is 1.30. The number of thiophene rings is 1. The molecule has 54 valence electrons. The van der Waals surface area contributed by atoms with E-state index >= 15 is 0 Å². The Balaban J connectivity index is 2.77. The lowest BCUT2D eigenvalue weighted by atomic mass is 10.6. The van der Waals surface area contributed by atoms with E-state index in [4.69, 9.17) is 18.0 Å². The molecule has 2 nitrogen and oxygen atoms in total. The molecule has 2 N–H and O–H groups in total. The summed E-state index contributed by atoms with van der Waals surface area (Å²) in [5, 5.41) is 3.47. The lowest BCUT2D eigenvalue weighted by Crippen LogP contribution is -2.30. The fraction of sp³-hybridized carbons (Fsp3) is 0.167. The number of rotatable bonds is 1. The molecular weight excluding hydrogens is 164 g/mol. The Morgan fingerprint density at radius 2 is 2.50 bits per heavy atom. The lowest BCUT2D eigenvalue weighted by Gasteiger charge is -2.12. The van der Waals surface area contributed by atoms with Gasteiger partial charge in [-0.1, -0.05) is 0 Å². The van der Waals surface area contributed by atoms with Gasteiger partial charge in [0.15, 0.2) is 5.11 Å². The van der Waals surface area contributed by atoms with Crippen LogP contribution >= 0.6 is 23.6 Å². The summed E-state index contributed by atoms with van der Waals surface area (Å²) in [5.41, 5.74) is 5.39. The first-order valence-corrected chi connectivity index (χ1v) is 4.07. The van der Waals surface area contributed by atoms with Gasteiger partial charge in [-0.3, -0.25) is 0 Å². The Bertz CT molecular complexity index is 218. The molecule has 0 bridgehead atoms. The SMILES string of the molecule is CN(C(N)=S)c1cccs1. The van der Waals surface area contributed by atoms with Crippen LogP contribution in [0.4, 0.5) is 5.00 Å². The number of nitrogens with zero attached hydrogens (tertiary/aromatic N) is 1. The van der Waals surface area contributed by atoms with Crippen molar-refractivity contribution in [3.8, 4) is 0 Å². The fourth-order valence-corrected chi connectivity index (χ4v) is 1.44. The number of nitrogens with two attached hydrogens (primary N) is 1. The Labute approximate surface area is 69.3 Å². The Morgan fingerprint density at radius 1 is 1.80 bits per heavy atom. The van der Waals surface area contributed by atoms with Gasteiger partial charge in [-0.15, -0.1) is 11.3 Å². The fourth-order valence-electron chi connectivity index (χ4n) is 0.569. The summed E-state index contributed by atoms with van der Waals surface area (Å²) < 4.78 is 0. The second-order valence-corrected chi connectivity index (χ2v) is 3.19.